The number of hydrogen-bond acceptors (Lipinski definition) is 4. The van der Waals surface area contributed by atoms with E-state index in [1.807, 2.05) is 30.3 Å². The van der Waals surface area contributed by atoms with E-state index in [1.165, 1.54) is 0 Å². The third-order valence-corrected chi connectivity index (χ3v) is 2.42. The van der Waals surface area contributed by atoms with E-state index >= 15 is 0 Å². The lowest BCUT2D eigenvalue weighted by molar-refractivity contribution is 0.0414. The van der Waals surface area contributed by atoms with E-state index in [-0.39, 0.29) is 32.2 Å². The summed E-state index contributed by atoms with van der Waals surface area (Å²) in [5.74, 6) is 0. The van der Waals surface area contributed by atoms with Crippen molar-refractivity contribution < 1.29 is 15.3 Å². The summed E-state index contributed by atoms with van der Waals surface area (Å²) in [7, 11) is 0. The fourth-order valence-electron chi connectivity index (χ4n) is 1.20. The molecule has 0 aliphatic heterocycles. The Morgan fingerprint density at radius 3 is 1.88 bits per heavy atom. The Labute approximate surface area is 101 Å². The highest BCUT2D eigenvalue weighted by Gasteiger charge is 2.26. The van der Waals surface area contributed by atoms with Crippen molar-refractivity contribution in [3.8, 4) is 0 Å². The maximum Gasteiger partial charge on any atom is 0.0884 e. The minimum Gasteiger partial charge on any atom is -0.394 e. The fraction of sp³-hybridized carbons (Fsp3) is 0.455. The Morgan fingerprint density at radius 1 is 0.938 bits per heavy atom. The summed E-state index contributed by atoms with van der Waals surface area (Å²) in [4.78, 5) is 0. The third-order valence-electron chi connectivity index (χ3n) is 2.42. The first-order valence-corrected chi connectivity index (χ1v) is 4.88. The number of rotatable bonds is 6. The summed E-state index contributed by atoms with van der Waals surface area (Å²) in [6, 6.07) is 9.61. The number of halogens is 1. The van der Waals surface area contributed by atoms with Gasteiger partial charge in [-0.25, -0.2) is 0 Å². The third kappa shape index (κ3) is 4.08. The quantitative estimate of drug-likeness (QED) is 0.567. The standard InChI is InChI=1S/C11H17NO3.ClH/c13-7-11(8-14,9-15)12-6-10-4-2-1-3-5-10;/h1-5,12-15H,6-9H2;1H. The van der Waals surface area contributed by atoms with Gasteiger partial charge < -0.3 is 20.6 Å². The van der Waals surface area contributed by atoms with E-state index in [1.54, 1.807) is 0 Å². The number of hydrogen-bond donors (Lipinski definition) is 4. The lowest BCUT2D eigenvalue weighted by Crippen LogP contribution is -2.54. The van der Waals surface area contributed by atoms with Crippen LogP contribution in [-0.4, -0.2) is 40.7 Å². The molecule has 16 heavy (non-hydrogen) atoms. The van der Waals surface area contributed by atoms with Crippen LogP contribution in [0.4, 0.5) is 0 Å². The van der Waals surface area contributed by atoms with Gasteiger partial charge in [-0.15, -0.1) is 12.4 Å². The zero-order valence-corrected chi connectivity index (χ0v) is 9.78. The molecular weight excluding hydrogens is 230 g/mol. The van der Waals surface area contributed by atoms with Crippen LogP contribution in [0.15, 0.2) is 30.3 Å². The summed E-state index contributed by atoms with van der Waals surface area (Å²) in [5.41, 5.74) is 0.0350. The van der Waals surface area contributed by atoms with Gasteiger partial charge in [0.2, 0.25) is 0 Å². The van der Waals surface area contributed by atoms with E-state index in [9.17, 15) is 0 Å². The first-order chi connectivity index (χ1) is 7.26. The maximum absolute atomic E-state index is 9.07. The van der Waals surface area contributed by atoms with Crippen LogP contribution in [0.25, 0.3) is 0 Å². The topological polar surface area (TPSA) is 72.7 Å². The molecule has 1 rings (SSSR count). The molecule has 0 radical (unpaired) electrons. The number of aliphatic hydroxyl groups excluding tert-OH is 3. The Bertz CT molecular complexity index is 270. The Morgan fingerprint density at radius 2 is 1.44 bits per heavy atom. The Kier molecular flexibility index (Phi) is 7.29. The van der Waals surface area contributed by atoms with Crippen molar-refractivity contribution in [2.75, 3.05) is 19.8 Å². The molecule has 4 N–H and O–H groups in total. The van der Waals surface area contributed by atoms with E-state index < -0.39 is 5.54 Å². The van der Waals surface area contributed by atoms with Crippen LogP contribution in [0.2, 0.25) is 0 Å². The smallest absolute Gasteiger partial charge is 0.0884 e. The SMILES string of the molecule is Cl.OCC(CO)(CO)NCc1ccccc1. The molecule has 0 aromatic heterocycles. The predicted octanol–water partition coefficient (Wildman–Crippen LogP) is -0.0863. The highest BCUT2D eigenvalue weighted by Crippen LogP contribution is 2.05. The molecule has 4 nitrogen and oxygen atoms in total. The van der Waals surface area contributed by atoms with Crippen LogP contribution >= 0.6 is 12.4 Å². The second-order valence-corrected chi connectivity index (χ2v) is 3.59. The van der Waals surface area contributed by atoms with Crippen LogP contribution in [0.5, 0.6) is 0 Å². The molecule has 0 amide bonds. The zero-order valence-electron chi connectivity index (χ0n) is 8.97. The molecule has 92 valence electrons. The van der Waals surface area contributed by atoms with Gasteiger partial charge in [0.05, 0.1) is 25.4 Å². The van der Waals surface area contributed by atoms with Gasteiger partial charge in [0.15, 0.2) is 0 Å². The van der Waals surface area contributed by atoms with E-state index in [4.69, 9.17) is 15.3 Å². The molecule has 0 heterocycles. The summed E-state index contributed by atoms with van der Waals surface area (Å²) in [5, 5.41) is 30.2. The van der Waals surface area contributed by atoms with Gasteiger partial charge in [-0.05, 0) is 5.56 Å². The molecular formula is C11H18ClNO3. The van der Waals surface area contributed by atoms with Crippen LogP contribution in [0.3, 0.4) is 0 Å². The molecule has 5 heteroatoms. The second-order valence-electron chi connectivity index (χ2n) is 3.59. The molecule has 0 fully saturated rings. The van der Waals surface area contributed by atoms with Gasteiger partial charge in [-0.3, -0.25) is 0 Å². The van der Waals surface area contributed by atoms with Crippen LogP contribution in [-0.2, 0) is 6.54 Å². The van der Waals surface area contributed by atoms with Gasteiger partial charge in [0, 0.05) is 6.54 Å². The van der Waals surface area contributed by atoms with Gasteiger partial charge >= 0.3 is 0 Å². The average molecular weight is 248 g/mol. The predicted molar refractivity (Wildman–Crippen MR) is 64.5 cm³/mol. The van der Waals surface area contributed by atoms with Crippen LogP contribution in [0.1, 0.15) is 5.56 Å². The molecule has 0 atom stereocenters. The van der Waals surface area contributed by atoms with Crippen molar-refractivity contribution in [2.45, 2.75) is 12.1 Å². The molecule has 0 saturated heterocycles. The lowest BCUT2D eigenvalue weighted by atomic mass is 10.0. The number of nitrogens with one attached hydrogen (secondary N) is 1. The van der Waals surface area contributed by atoms with Crippen molar-refractivity contribution >= 4 is 12.4 Å². The van der Waals surface area contributed by atoms with Crippen LogP contribution in [0, 0.1) is 0 Å². The molecule has 0 saturated carbocycles. The van der Waals surface area contributed by atoms with Gasteiger partial charge in [-0.2, -0.15) is 0 Å². The first-order valence-electron chi connectivity index (χ1n) is 4.88. The minimum absolute atomic E-state index is 0. The molecule has 0 unspecified atom stereocenters. The van der Waals surface area contributed by atoms with Crippen molar-refractivity contribution in [1.29, 1.82) is 0 Å². The van der Waals surface area contributed by atoms with E-state index in [0.717, 1.165) is 5.56 Å². The molecule has 0 bridgehead atoms. The first kappa shape index (κ1) is 15.3. The lowest BCUT2D eigenvalue weighted by Gasteiger charge is -2.28. The van der Waals surface area contributed by atoms with Crippen molar-refractivity contribution in [3.05, 3.63) is 35.9 Å². The van der Waals surface area contributed by atoms with Gasteiger partial charge in [0.25, 0.3) is 0 Å². The Hall–Kier alpha value is -0.650. The Balaban J connectivity index is 0.00000225. The average Bonchev–Trinajstić information content (AvgIpc) is 2.33. The minimum atomic E-state index is -1.00. The zero-order chi connectivity index (χ0) is 11.1. The number of aliphatic hydroxyl groups is 3. The molecule has 0 spiro atoms. The van der Waals surface area contributed by atoms with Crippen molar-refractivity contribution in [1.82, 2.24) is 5.32 Å². The number of benzene rings is 1. The summed E-state index contributed by atoms with van der Waals surface area (Å²) in [6.07, 6.45) is 0. The molecule has 0 aliphatic carbocycles. The van der Waals surface area contributed by atoms with Gasteiger partial charge in [-0.1, -0.05) is 30.3 Å². The van der Waals surface area contributed by atoms with Crippen LogP contribution < -0.4 is 5.32 Å². The maximum atomic E-state index is 9.07. The monoisotopic (exact) mass is 247 g/mol. The molecule has 0 aliphatic rings. The molecule has 1 aromatic rings. The van der Waals surface area contributed by atoms with Crippen molar-refractivity contribution in [2.24, 2.45) is 0 Å². The summed E-state index contributed by atoms with van der Waals surface area (Å²) in [6.45, 7) is -0.394. The largest absolute Gasteiger partial charge is 0.394 e. The fourth-order valence-corrected chi connectivity index (χ4v) is 1.20. The summed E-state index contributed by atoms with van der Waals surface area (Å²) < 4.78 is 0. The van der Waals surface area contributed by atoms with E-state index in [0.29, 0.717) is 6.54 Å². The van der Waals surface area contributed by atoms with E-state index in [2.05, 4.69) is 5.32 Å². The second kappa shape index (κ2) is 7.60. The van der Waals surface area contributed by atoms with Gasteiger partial charge in [0.1, 0.15) is 0 Å². The summed E-state index contributed by atoms with van der Waals surface area (Å²) >= 11 is 0. The normalized spacial score (nSPS) is 10.9. The molecule has 1 aromatic carbocycles. The highest BCUT2D eigenvalue weighted by atomic mass is 35.5. The highest BCUT2D eigenvalue weighted by molar-refractivity contribution is 5.85. The van der Waals surface area contributed by atoms with Crippen molar-refractivity contribution in [3.63, 3.8) is 0 Å².